The van der Waals surface area contributed by atoms with Crippen molar-refractivity contribution < 1.29 is 22.0 Å². The highest BCUT2D eigenvalue weighted by Crippen LogP contribution is 2.36. The second kappa shape index (κ2) is 7.50. The van der Waals surface area contributed by atoms with Gasteiger partial charge in [0.05, 0.1) is 29.8 Å². The van der Waals surface area contributed by atoms with Crippen molar-refractivity contribution in [1.82, 2.24) is 34.5 Å². The zero-order valence-electron chi connectivity index (χ0n) is 16.3. The lowest BCUT2D eigenvalue weighted by Gasteiger charge is -2.30. The summed E-state index contributed by atoms with van der Waals surface area (Å²) < 4.78 is 68.4. The van der Waals surface area contributed by atoms with E-state index in [1.54, 1.807) is 11.1 Å². The largest absolute Gasteiger partial charge is 0.419 e. The number of hydrogen-bond donors (Lipinski definition) is 0. The molecule has 0 spiro atoms. The minimum atomic E-state index is -4.51. The van der Waals surface area contributed by atoms with E-state index in [1.165, 1.54) is 29.3 Å². The van der Waals surface area contributed by atoms with Gasteiger partial charge in [-0.25, -0.2) is 33.1 Å². The molecule has 1 aliphatic rings. The molecule has 1 aliphatic heterocycles. The van der Waals surface area contributed by atoms with Crippen molar-refractivity contribution in [3.63, 3.8) is 0 Å². The highest BCUT2D eigenvalue weighted by Gasteiger charge is 2.36. The lowest BCUT2D eigenvalue weighted by Crippen LogP contribution is -2.33. The molecule has 0 saturated heterocycles. The molecule has 0 saturated carbocycles. The molecule has 4 aromatic heterocycles. The molecule has 0 amide bonds. The summed E-state index contributed by atoms with van der Waals surface area (Å²) in [5, 5.41) is 8.21. The summed E-state index contributed by atoms with van der Waals surface area (Å²) in [4.78, 5) is 14.1. The Kier molecular flexibility index (Phi) is 4.75. The maximum Gasteiger partial charge on any atom is 0.419 e. The number of hydrogen-bond acceptors (Lipinski definition) is 6. The Bertz CT molecular complexity index is 1280. The Hall–Kier alpha value is -3.64. The zero-order chi connectivity index (χ0) is 22.5. The Balaban J connectivity index is 1.47. The highest BCUT2D eigenvalue weighted by molar-refractivity contribution is 5.70. The Morgan fingerprint density at radius 3 is 2.69 bits per heavy atom. The van der Waals surface area contributed by atoms with E-state index in [-0.39, 0.29) is 24.6 Å². The van der Waals surface area contributed by atoms with Gasteiger partial charge in [-0.3, -0.25) is 0 Å². The van der Waals surface area contributed by atoms with Gasteiger partial charge in [0, 0.05) is 31.3 Å². The van der Waals surface area contributed by atoms with Gasteiger partial charge in [0.25, 0.3) is 6.43 Å². The first-order valence-corrected chi connectivity index (χ1v) is 9.61. The SMILES string of the molecule is FC(F)Cn1ncc2ncc(-n3ncc4c3CCN(c3ncccc3C(F)(F)F)C4)nc21. The van der Waals surface area contributed by atoms with E-state index in [0.29, 0.717) is 17.8 Å². The van der Waals surface area contributed by atoms with Crippen LogP contribution in [0.5, 0.6) is 0 Å². The maximum absolute atomic E-state index is 13.4. The molecule has 4 aromatic rings. The van der Waals surface area contributed by atoms with Crippen molar-refractivity contribution >= 4 is 17.0 Å². The number of fused-ring (bicyclic) bond motifs is 2. The molecule has 32 heavy (non-hydrogen) atoms. The second-order valence-corrected chi connectivity index (χ2v) is 7.23. The summed E-state index contributed by atoms with van der Waals surface area (Å²) in [7, 11) is 0. The normalized spacial score (nSPS) is 14.4. The number of aromatic nitrogens is 7. The third kappa shape index (κ3) is 3.52. The van der Waals surface area contributed by atoms with Crippen LogP contribution in [-0.2, 0) is 25.7 Å². The van der Waals surface area contributed by atoms with Gasteiger partial charge >= 0.3 is 6.18 Å². The van der Waals surface area contributed by atoms with E-state index < -0.39 is 24.7 Å². The van der Waals surface area contributed by atoms with Crippen molar-refractivity contribution in [2.24, 2.45) is 0 Å². The van der Waals surface area contributed by atoms with Gasteiger partial charge in [0.15, 0.2) is 11.5 Å². The summed E-state index contributed by atoms with van der Waals surface area (Å²) in [5.74, 6) is 0.188. The van der Waals surface area contributed by atoms with Crippen LogP contribution in [-0.4, -0.2) is 47.5 Å². The highest BCUT2D eigenvalue weighted by atomic mass is 19.4. The number of pyridine rings is 1. The van der Waals surface area contributed by atoms with Gasteiger partial charge in [0.2, 0.25) is 0 Å². The van der Waals surface area contributed by atoms with E-state index >= 15 is 0 Å². The monoisotopic (exact) mass is 450 g/mol. The van der Waals surface area contributed by atoms with Gasteiger partial charge in [-0.2, -0.15) is 23.4 Å². The molecule has 0 N–H and O–H groups in total. The van der Waals surface area contributed by atoms with E-state index in [9.17, 15) is 22.0 Å². The van der Waals surface area contributed by atoms with Gasteiger partial charge in [0.1, 0.15) is 17.9 Å². The molecule has 0 aromatic carbocycles. The predicted octanol–water partition coefficient (Wildman–Crippen LogP) is 3.25. The van der Waals surface area contributed by atoms with Crippen LogP contribution in [0.25, 0.3) is 17.0 Å². The average molecular weight is 450 g/mol. The van der Waals surface area contributed by atoms with E-state index in [0.717, 1.165) is 22.0 Å². The van der Waals surface area contributed by atoms with Crippen LogP contribution in [0.2, 0.25) is 0 Å². The molecule has 166 valence electrons. The topological polar surface area (TPSA) is 77.5 Å². The average Bonchev–Trinajstić information content (AvgIpc) is 3.36. The van der Waals surface area contributed by atoms with Crippen LogP contribution in [0.1, 0.15) is 16.8 Å². The van der Waals surface area contributed by atoms with Crippen LogP contribution in [0.4, 0.5) is 27.8 Å². The lowest BCUT2D eigenvalue weighted by molar-refractivity contribution is -0.137. The number of nitrogens with zero attached hydrogens (tertiary/aromatic N) is 8. The summed E-state index contributed by atoms with van der Waals surface area (Å²) in [6.07, 6.45) is -1.02. The molecular formula is C19H15F5N8. The van der Waals surface area contributed by atoms with Crippen LogP contribution >= 0.6 is 0 Å². The summed E-state index contributed by atoms with van der Waals surface area (Å²) >= 11 is 0. The summed E-state index contributed by atoms with van der Waals surface area (Å²) in [6, 6.07) is 2.27. The molecule has 13 heteroatoms. The van der Waals surface area contributed by atoms with E-state index in [2.05, 4.69) is 25.1 Å². The van der Waals surface area contributed by atoms with Crippen LogP contribution in [0.15, 0.2) is 36.9 Å². The molecule has 0 unspecified atom stereocenters. The van der Waals surface area contributed by atoms with Crippen LogP contribution in [0.3, 0.4) is 0 Å². The standard InChI is InChI=1S/C19H15F5N8/c20-15(21)10-31-18-13(7-27-31)26-8-16(29-18)32-14-3-5-30(9-11(14)6-28-32)17-12(19(22,23)24)2-1-4-25-17/h1-2,4,6-8,15H,3,5,9-10H2. The molecular weight excluding hydrogens is 435 g/mol. The van der Waals surface area contributed by atoms with Gasteiger partial charge in [-0.15, -0.1) is 0 Å². The molecule has 0 bridgehead atoms. The van der Waals surface area contributed by atoms with Gasteiger partial charge in [-0.05, 0) is 12.1 Å². The van der Waals surface area contributed by atoms with Crippen molar-refractivity contribution in [3.05, 3.63) is 53.7 Å². The number of halogens is 5. The van der Waals surface area contributed by atoms with Crippen molar-refractivity contribution in [1.29, 1.82) is 0 Å². The Morgan fingerprint density at radius 2 is 1.91 bits per heavy atom. The fourth-order valence-electron chi connectivity index (χ4n) is 3.79. The second-order valence-electron chi connectivity index (χ2n) is 7.23. The summed E-state index contributed by atoms with van der Waals surface area (Å²) in [5.41, 5.74) is 1.26. The first kappa shape index (κ1) is 20.3. The molecule has 8 nitrogen and oxygen atoms in total. The van der Waals surface area contributed by atoms with Crippen molar-refractivity contribution in [2.45, 2.75) is 32.1 Å². The van der Waals surface area contributed by atoms with Crippen LogP contribution < -0.4 is 4.90 Å². The third-order valence-electron chi connectivity index (χ3n) is 5.19. The minimum Gasteiger partial charge on any atom is -0.351 e. The number of alkyl halides is 5. The lowest BCUT2D eigenvalue weighted by atomic mass is 10.1. The van der Waals surface area contributed by atoms with Gasteiger partial charge in [-0.1, -0.05) is 0 Å². The fourth-order valence-corrected chi connectivity index (χ4v) is 3.79. The van der Waals surface area contributed by atoms with Gasteiger partial charge < -0.3 is 4.90 Å². The number of rotatable bonds is 4. The third-order valence-corrected chi connectivity index (χ3v) is 5.19. The molecule has 0 atom stereocenters. The van der Waals surface area contributed by atoms with Crippen molar-refractivity contribution in [2.75, 3.05) is 11.4 Å². The van der Waals surface area contributed by atoms with E-state index in [4.69, 9.17) is 0 Å². The zero-order valence-corrected chi connectivity index (χ0v) is 16.3. The Labute approximate surface area is 177 Å². The van der Waals surface area contributed by atoms with Crippen LogP contribution in [0, 0.1) is 0 Å². The fraction of sp³-hybridized carbons (Fsp3) is 0.316. The van der Waals surface area contributed by atoms with Crippen molar-refractivity contribution in [3.8, 4) is 5.82 Å². The smallest absolute Gasteiger partial charge is 0.351 e. The Morgan fingerprint density at radius 1 is 1.06 bits per heavy atom. The molecule has 0 radical (unpaired) electrons. The first-order chi connectivity index (χ1) is 15.3. The molecule has 0 aliphatic carbocycles. The molecule has 0 fully saturated rings. The maximum atomic E-state index is 13.4. The van der Waals surface area contributed by atoms with E-state index in [1.807, 2.05) is 0 Å². The molecule has 5 heterocycles. The minimum absolute atomic E-state index is 0.129. The molecule has 5 rings (SSSR count). The quantitative estimate of drug-likeness (QED) is 0.445. The predicted molar refractivity (Wildman–Crippen MR) is 102 cm³/mol. The first-order valence-electron chi connectivity index (χ1n) is 9.61. The summed E-state index contributed by atoms with van der Waals surface area (Å²) in [6.45, 7) is -0.133. The number of anilines is 1.